The van der Waals surface area contributed by atoms with Crippen LogP contribution in [0.2, 0.25) is 0 Å². The highest BCUT2D eigenvalue weighted by molar-refractivity contribution is 5.90. The lowest BCUT2D eigenvalue weighted by atomic mass is 10.1. The van der Waals surface area contributed by atoms with Gasteiger partial charge in [-0.05, 0) is 43.2 Å². The number of hydrogen-bond acceptors (Lipinski definition) is 8. The number of piperazine rings is 1. The van der Waals surface area contributed by atoms with E-state index in [1.807, 2.05) is 36.1 Å². The number of amides is 2. The van der Waals surface area contributed by atoms with Crippen LogP contribution >= 0.6 is 0 Å². The molecule has 2 atom stereocenters. The third-order valence-electron chi connectivity index (χ3n) is 7.39. The molecule has 0 aliphatic carbocycles. The largest absolute Gasteiger partial charge is 0.465 e. The van der Waals surface area contributed by atoms with Crippen LogP contribution in [0.5, 0.6) is 0 Å². The van der Waals surface area contributed by atoms with Crippen molar-refractivity contribution in [1.82, 2.24) is 19.7 Å². The van der Waals surface area contributed by atoms with E-state index in [-0.39, 0.29) is 43.7 Å². The summed E-state index contributed by atoms with van der Waals surface area (Å²) >= 11 is 0. The first-order valence-electron chi connectivity index (χ1n) is 13.6. The van der Waals surface area contributed by atoms with Crippen molar-refractivity contribution in [2.24, 2.45) is 0 Å². The van der Waals surface area contributed by atoms with E-state index in [0.717, 1.165) is 11.3 Å². The minimum absolute atomic E-state index is 0.0112. The average Bonchev–Trinajstić information content (AvgIpc) is 3.52. The van der Waals surface area contributed by atoms with Crippen LogP contribution < -0.4 is 5.32 Å². The first-order chi connectivity index (χ1) is 19.3. The Labute approximate surface area is 232 Å². The standard InChI is InChI=1S/C29H34FN5O5/c1-3-39-27(37)18-33-10-12-34(13-11-33)28(38)24-16-21(30)17-35(24)26(36)15-20-8-9-23-25(14-20)40-29(32-23)31-22-7-5-4-6-19(22)2/h4-9,14,21,24H,3,10-13,15-18H2,1-2H3,(H,31,32)/t21-,24-/m0/s1. The molecule has 0 spiro atoms. The topological polar surface area (TPSA) is 108 Å². The quantitative estimate of drug-likeness (QED) is 0.426. The fraction of sp³-hybridized carbons (Fsp3) is 0.448. The van der Waals surface area contributed by atoms with Gasteiger partial charge in [0.15, 0.2) is 5.58 Å². The van der Waals surface area contributed by atoms with Gasteiger partial charge in [-0.1, -0.05) is 24.3 Å². The number of fused-ring (bicyclic) bond motifs is 1. The summed E-state index contributed by atoms with van der Waals surface area (Å²) in [7, 11) is 0. The second kappa shape index (κ2) is 12.0. The van der Waals surface area contributed by atoms with Gasteiger partial charge in [0.1, 0.15) is 17.7 Å². The number of likely N-dealkylation sites (tertiary alicyclic amines) is 1. The number of hydrogen-bond donors (Lipinski definition) is 1. The van der Waals surface area contributed by atoms with Gasteiger partial charge in [0.25, 0.3) is 6.01 Å². The normalized spacial score (nSPS) is 19.7. The third-order valence-corrected chi connectivity index (χ3v) is 7.39. The number of rotatable bonds is 8. The lowest BCUT2D eigenvalue weighted by molar-refractivity contribution is -0.147. The number of benzene rings is 2. The molecule has 212 valence electrons. The number of carbonyl (C=O) groups is 3. The van der Waals surface area contributed by atoms with Crippen LogP contribution in [-0.4, -0.2) is 95.6 Å². The summed E-state index contributed by atoms with van der Waals surface area (Å²) in [4.78, 5) is 47.8. The van der Waals surface area contributed by atoms with Crippen molar-refractivity contribution in [2.75, 3.05) is 51.2 Å². The van der Waals surface area contributed by atoms with Crippen molar-refractivity contribution < 1.29 is 27.9 Å². The Bertz CT molecular complexity index is 1390. The zero-order chi connectivity index (χ0) is 28.2. The molecule has 0 radical (unpaired) electrons. The van der Waals surface area contributed by atoms with Gasteiger partial charge in [-0.25, -0.2) is 4.39 Å². The predicted octanol–water partition coefficient (Wildman–Crippen LogP) is 3.07. The average molecular weight is 552 g/mol. The molecule has 3 aromatic rings. The molecule has 2 aliphatic heterocycles. The van der Waals surface area contributed by atoms with Crippen LogP contribution in [-0.2, 0) is 25.5 Å². The molecular formula is C29H34FN5O5. The summed E-state index contributed by atoms with van der Waals surface area (Å²) < 4.78 is 25.4. The van der Waals surface area contributed by atoms with E-state index in [2.05, 4.69) is 10.3 Å². The van der Waals surface area contributed by atoms with Crippen molar-refractivity contribution in [3.63, 3.8) is 0 Å². The van der Waals surface area contributed by atoms with Crippen LogP contribution in [0.4, 0.5) is 16.1 Å². The molecule has 0 saturated carbocycles. The summed E-state index contributed by atoms with van der Waals surface area (Å²) in [5, 5.41) is 3.18. The Hall–Kier alpha value is -3.99. The van der Waals surface area contributed by atoms with Gasteiger partial charge >= 0.3 is 5.97 Å². The van der Waals surface area contributed by atoms with Crippen LogP contribution in [0.1, 0.15) is 24.5 Å². The number of carbonyl (C=O) groups excluding carboxylic acids is 3. The molecule has 0 bridgehead atoms. The second-order valence-electron chi connectivity index (χ2n) is 10.2. The predicted molar refractivity (Wildman–Crippen MR) is 147 cm³/mol. The van der Waals surface area contributed by atoms with Gasteiger partial charge in [0, 0.05) is 38.3 Å². The summed E-state index contributed by atoms with van der Waals surface area (Å²) in [5.74, 6) is -0.851. The number of nitrogens with zero attached hydrogens (tertiary/aromatic N) is 4. The van der Waals surface area contributed by atoms with Gasteiger partial charge in [0.05, 0.1) is 26.1 Å². The van der Waals surface area contributed by atoms with Crippen LogP contribution in [0, 0.1) is 6.92 Å². The third kappa shape index (κ3) is 6.25. The number of halogens is 1. The molecule has 2 amide bonds. The van der Waals surface area contributed by atoms with Gasteiger partial charge in [-0.3, -0.25) is 19.3 Å². The fourth-order valence-corrected chi connectivity index (χ4v) is 5.26. The summed E-state index contributed by atoms with van der Waals surface area (Å²) in [5.41, 5.74) is 3.80. The van der Waals surface area contributed by atoms with E-state index >= 15 is 0 Å². The maximum atomic E-state index is 14.5. The molecule has 3 heterocycles. The van der Waals surface area contributed by atoms with Gasteiger partial charge in [-0.15, -0.1) is 0 Å². The van der Waals surface area contributed by atoms with E-state index in [1.165, 1.54) is 4.90 Å². The first-order valence-corrected chi connectivity index (χ1v) is 13.6. The number of esters is 1. The van der Waals surface area contributed by atoms with E-state index < -0.39 is 12.2 Å². The molecule has 0 unspecified atom stereocenters. The first kappa shape index (κ1) is 27.6. The van der Waals surface area contributed by atoms with Crippen molar-refractivity contribution >= 4 is 40.6 Å². The monoisotopic (exact) mass is 551 g/mol. The molecule has 1 aromatic heterocycles. The highest BCUT2D eigenvalue weighted by atomic mass is 19.1. The molecule has 10 nitrogen and oxygen atoms in total. The van der Waals surface area contributed by atoms with E-state index in [0.29, 0.717) is 55.5 Å². The molecule has 2 aromatic carbocycles. The number of aryl methyl sites for hydroxylation is 1. The van der Waals surface area contributed by atoms with Crippen molar-refractivity contribution in [2.45, 2.75) is 38.9 Å². The Kier molecular flexibility index (Phi) is 8.29. The molecule has 2 fully saturated rings. The minimum atomic E-state index is -1.25. The molecule has 2 aliphatic rings. The number of alkyl halides is 1. The fourth-order valence-electron chi connectivity index (χ4n) is 5.26. The second-order valence-corrected chi connectivity index (χ2v) is 10.2. The maximum Gasteiger partial charge on any atom is 0.320 e. The zero-order valence-electron chi connectivity index (χ0n) is 22.8. The number of para-hydroxylation sites is 1. The van der Waals surface area contributed by atoms with Crippen molar-refractivity contribution in [3.8, 4) is 0 Å². The lowest BCUT2D eigenvalue weighted by Gasteiger charge is -2.36. The Morgan fingerprint density at radius 2 is 1.90 bits per heavy atom. The SMILES string of the molecule is CCOC(=O)CN1CCN(C(=O)[C@@H]2C[C@H](F)CN2C(=O)Cc2ccc3nc(Nc4ccccc4C)oc3c2)CC1. The number of aromatic nitrogens is 1. The van der Waals surface area contributed by atoms with Crippen molar-refractivity contribution in [3.05, 3.63) is 53.6 Å². The molecule has 40 heavy (non-hydrogen) atoms. The number of anilines is 2. The minimum Gasteiger partial charge on any atom is -0.465 e. The molecule has 11 heteroatoms. The lowest BCUT2D eigenvalue weighted by Crippen LogP contribution is -2.55. The van der Waals surface area contributed by atoms with Gasteiger partial charge in [-0.2, -0.15) is 4.98 Å². The Morgan fingerprint density at radius 1 is 1.12 bits per heavy atom. The maximum absolute atomic E-state index is 14.5. The number of ether oxygens (including phenoxy) is 1. The zero-order valence-corrected chi connectivity index (χ0v) is 22.8. The number of nitrogens with one attached hydrogen (secondary N) is 1. The Morgan fingerprint density at radius 3 is 2.65 bits per heavy atom. The molecule has 2 saturated heterocycles. The highest BCUT2D eigenvalue weighted by Crippen LogP contribution is 2.27. The van der Waals surface area contributed by atoms with Gasteiger partial charge in [0.2, 0.25) is 11.8 Å². The summed E-state index contributed by atoms with van der Waals surface area (Å²) in [6.07, 6.45) is -1.25. The molecule has 1 N–H and O–H groups in total. The van der Waals surface area contributed by atoms with Crippen LogP contribution in [0.25, 0.3) is 11.1 Å². The molecule has 5 rings (SSSR count). The van der Waals surface area contributed by atoms with Crippen molar-refractivity contribution in [1.29, 1.82) is 0 Å². The van der Waals surface area contributed by atoms with E-state index in [9.17, 15) is 18.8 Å². The van der Waals surface area contributed by atoms with Crippen LogP contribution in [0.15, 0.2) is 46.9 Å². The smallest absolute Gasteiger partial charge is 0.320 e. The number of oxazole rings is 1. The Balaban J connectivity index is 1.21. The summed E-state index contributed by atoms with van der Waals surface area (Å²) in [6.45, 7) is 6.00. The van der Waals surface area contributed by atoms with E-state index in [4.69, 9.17) is 9.15 Å². The van der Waals surface area contributed by atoms with E-state index in [1.54, 1.807) is 30.0 Å². The highest BCUT2D eigenvalue weighted by Gasteiger charge is 2.42. The van der Waals surface area contributed by atoms with Gasteiger partial charge < -0.3 is 24.3 Å². The summed E-state index contributed by atoms with van der Waals surface area (Å²) in [6, 6.07) is 12.6. The van der Waals surface area contributed by atoms with Crippen LogP contribution in [0.3, 0.4) is 0 Å². The molecular weight excluding hydrogens is 517 g/mol.